The van der Waals surface area contributed by atoms with E-state index in [0.717, 1.165) is 22.6 Å². The van der Waals surface area contributed by atoms with Crippen LogP contribution in [0.2, 0.25) is 0 Å². The maximum atomic E-state index is 5.78. The summed E-state index contributed by atoms with van der Waals surface area (Å²) in [6.07, 6.45) is 8.34. The van der Waals surface area contributed by atoms with Crippen LogP contribution in [-0.4, -0.2) is 13.2 Å². The lowest BCUT2D eigenvalue weighted by Gasteiger charge is -2.23. The number of hydrogen-bond donors (Lipinski definition) is 0. The molecule has 0 bridgehead atoms. The van der Waals surface area contributed by atoms with Crippen molar-refractivity contribution in [2.45, 2.75) is 0 Å². The molecule has 0 saturated heterocycles. The van der Waals surface area contributed by atoms with Gasteiger partial charge in [-0.2, -0.15) is 0 Å². The highest BCUT2D eigenvalue weighted by molar-refractivity contribution is 6.02. The van der Waals surface area contributed by atoms with Gasteiger partial charge in [0.25, 0.3) is 0 Å². The average Bonchev–Trinajstić information content (AvgIpc) is 2.48. The molecule has 2 aromatic rings. The van der Waals surface area contributed by atoms with Crippen LogP contribution in [0.15, 0.2) is 36.4 Å². The van der Waals surface area contributed by atoms with E-state index in [9.17, 15) is 0 Å². The molecule has 0 unspecified atom stereocenters. The largest absolute Gasteiger partial charge is 0.485 e. The van der Waals surface area contributed by atoms with Crippen LogP contribution < -0.4 is 9.47 Å². The summed E-state index contributed by atoms with van der Waals surface area (Å²) in [5.41, 5.74) is 2.26. The molecule has 0 saturated carbocycles. The highest BCUT2D eigenvalue weighted by atomic mass is 16.5. The Morgan fingerprint density at radius 1 is 0.722 bits per heavy atom. The topological polar surface area (TPSA) is 18.5 Å². The lowest BCUT2D eigenvalue weighted by atomic mass is 9.95. The summed E-state index contributed by atoms with van der Waals surface area (Å²) in [4.78, 5) is 0. The molecule has 0 atom stereocenters. The van der Waals surface area contributed by atoms with Gasteiger partial charge in [0.05, 0.1) is 0 Å². The molecule has 2 aromatic carbocycles. The minimum absolute atomic E-state index is 0.616. The molecule has 2 aliphatic rings. The Labute approximate surface area is 105 Å². The highest BCUT2D eigenvalue weighted by Crippen LogP contribution is 2.45. The van der Waals surface area contributed by atoms with Crippen LogP contribution in [0.4, 0.5) is 0 Å². The highest BCUT2D eigenvalue weighted by Gasteiger charge is 2.22. The third-order valence-electron chi connectivity index (χ3n) is 3.42. The maximum Gasteiger partial charge on any atom is 0.170 e. The van der Waals surface area contributed by atoms with E-state index in [1.807, 2.05) is 12.2 Å². The molecule has 0 fully saturated rings. The summed E-state index contributed by atoms with van der Waals surface area (Å²) in [7, 11) is 0. The van der Waals surface area contributed by atoms with Gasteiger partial charge in [-0.1, -0.05) is 36.4 Å². The summed E-state index contributed by atoms with van der Waals surface area (Å²) in [6, 6.07) is 8.39. The minimum Gasteiger partial charge on any atom is -0.485 e. The van der Waals surface area contributed by atoms with Gasteiger partial charge >= 0.3 is 0 Å². The molecule has 0 N–H and O–H groups in total. The van der Waals surface area contributed by atoms with Crippen molar-refractivity contribution in [3.63, 3.8) is 0 Å². The van der Waals surface area contributed by atoms with Crippen LogP contribution in [0.3, 0.4) is 0 Å². The van der Waals surface area contributed by atoms with Crippen LogP contribution in [0.1, 0.15) is 11.1 Å². The molecule has 0 spiro atoms. The first-order valence-electron chi connectivity index (χ1n) is 6.12. The second-order valence-corrected chi connectivity index (χ2v) is 4.46. The van der Waals surface area contributed by atoms with E-state index in [1.165, 1.54) is 10.8 Å². The first-order valence-corrected chi connectivity index (χ1v) is 6.12. The van der Waals surface area contributed by atoms with E-state index in [-0.39, 0.29) is 0 Å². The Hall–Kier alpha value is -2.22. The third kappa shape index (κ3) is 1.23. The van der Waals surface area contributed by atoms with Gasteiger partial charge in [-0.15, -0.1) is 0 Å². The normalized spacial score (nSPS) is 15.8. The van der Waals surface area contributed by atoms with Crippen molar-refractivity contribution in [2.24, 2.45) is 0 Å². The van der Waals surface area contributed by atoms with Gasteiger partial charge in [-0.25, -0.2) is 0 Å². The van der Waals surface area contributed by atoms with E-state index >= 15 is 0 Å². The molecular formula is C16H12O2. The Balaban J connectivity index is 2.21. The summed E-state index contributed by atoms with van der Waals surface area (Å²) < 4.78 is 11.6. The molecule has 2 aliphatic heterocycles. The summed E-state index contributed by atoms with van der Waals surface area (Å²) in [6.45, 7) is 1.23. The minimum atomic E-state index is 0.616. The molecule has 2 nitrogen and oxygen atoms in total. The Kier molecular flexibility index (Phi) is 1.97. The van der Waals surface area contributed by atoms with Crippen molar-refractivity contribution in [3.8, 4) is 11.5 Å². The van der Waals surface area contributed by atoms with E-state index in [4.69, 9.17) is 9.47 Å². The van der Waals surface area contributed by atoms with Crippen molar-refractivity contribution >= 4 is 22.9 Å². The van der Waals surface area contributed by atoms with Crippen LogP contribution in [0, 0.1) is 0 Å². The van der Waals surface area contributed by atoms with Gasteiger partial charge in [0.15, 0.2) is 11.5 Å². The lowest BCUT2D eigenvalue weighted by molar-refractivity contribution is 0.304. The standard InChI is InChI=1S/C16H12O2/c1-2-6-12-11(5-1)13-7-3-9-17-15(13)16-14(12)8-4-10-18-16/h1-8H,9-10H2. The van der Waals surface area contributed by atoms with E-state index in [0.29, 0.717) is 13.2 Å². The molecule has 0 radical (unpaired) electrons. The van der Waals surface area contributed by atoms with Crippen molar-refractivity contribution < 1.29 is 9.47 Å². The molecule has 0 aliphatic carbocycles. The molecular weight excluding hydrogens is 224 g/mol. The van der Waals surface area contributed by atoms with E-state index in [2.05, 4.69) is 36.4 Å². The van der Waals surface area contributed by atoms with E-state index in [1.54, 1.807) is 0 Å². The average molecular weight is 236 g/mol. The van der Waals surface area contributed by atoms with E-state index < -0.39 is 0 Å². The van der Waals surface area contributed by atoms with Gasteiger partial charge in [-0.3, -0.25) is 0 Å². The predicted molar refractivity (Wildman–Crippen MR) is 73.0 cm³/mol. The SMILES string of the molecule is C1=Cc2c(c3c(c4ccccc24)C=CCO3)OC1. The number of hydrogen-bond acceptors (Lipinski definition) is 2. The zero-order valence-electron chi connectivity index (χ0n) is 9.85. The van der Waals surface area contributed by atoms with Crippen LogP contribution in [0.25, 0.3) is 22.9 Å². The fourth-order valence-corrected chi connectivity index (χ4v) is 2.65. The van der Waals surface area contributed by atoms with Gasteiger partial charge < -0.3 is 9.47 Å². The Morgan fingerprint density at radius 2 is 1.22 bits per heavy atom. The van der Waals surface area contributed by atoms with Crippen molar-refractivity contribution in [3.05, 3.63) is 47.5 Å². The second-order valence-electron chi connectivity index (χ2n) is 4.46. The quantitative estimate of drug-likeness (QED) is 0.695. The lowest BCUT2D eigenvalue weighted by Crippen LogP contribution is -2.08. The van der Waals surface area contributed by atoms with Crippen molar-refractivity contribution in [2.75, 3.05) is 13.2 Å². The van der Waals surface area contributed by atoms with Crippen LogP contribution in [0.5, 0.6) is 11.5 Å². The molecule has 2 heteroatoms. The fourth-order valence-electron chi connectivity index (χ4n) is 2.65. The first-order chi connectivity index (χ1) is 8.95. The van der Waals surface area contributed by atoms with Crippen LogP contribution in [-0.2, 0) is 0 Å². The molecule has 2 heterocycles. The number of rotatable bonds is 0. The first kappa shape index (κ1) is 9.77. The third-order valence-corrected chi connectivity index (χ3v) is 3.42. The Morgan fingerprint density at radius 3 is 1.72 bits per heavy atom. The summed E-state index contributed by atoms with van der Waals surface area (Å²) in [5, 5.41) is 2.44. The number of benzene rings is 2. The Bertz CT molecular complexity index is 635. The maximum absolute atomic E-state index is 5.78. The molecule has 88 valence electrons. The van der Waals surface area contributed by atoms with Crippen molar-refractivity contribution in [1.82, 2.24) is 0 Å². The molecule has 4 rings (SSSR count). The monoisotopic (exact) mass is 236 g/mol. The molecule has 0 amide bonds. The smallest absolute Gasteiger partial charge is 0.170 e. The van der Waals surface area contributed by atoms with Crippen LogP contribution >= 0.6 is 0 Å². The zero-order valence-corrected chi connectivity index (χ0v) is 9.85. The fraction of sp³-hybridized carbons (Fsp3) is 0.125. The van der Waals surface area contributed by atoms with Gasteiger partial charge in [0.1, 0.15) is 13.2 Å². The number of fused-ring (bicyclic) bond motifs is 6. The number of ether oxygens (including phenoxy) is 2. The summed E-state index contributed by atoms with van der Waals surface area (Å²) in [5.74, 6) is 1.77. The molecule has 18 heavy (non-hydrogen) atoms. The predicted octanol–water partition coefficient (Wildman–Crippen LogP) is 3.65. The van der Waals surface area contributed by atoms with Crippen molar-refractivity contribution in [1.29, 1.82) is 0 Å². The second kappa shape index (κ2) is 3.64. The van der Waals surface area contributed by atoms with Gasteiger partial charge in [0.2, 0.25) is 0 Å². The molecule has 0 aromatic heterocycles. The summed E-state index contributed by atoms with van der Waals surface area (Å²) >= 11 is 0. The van der Waals surface area contributed by atoms with Gasteiger partial charge in [0, 0.05) is 11.1 Å². The zero-order chi connectivity index (χ0) is 11.9. The van der Waals surface area contributed by atoms with Gasteiger partial charge in [-0.05, 0) is 22.9 Å².